The molecule has 0 aromatic heterocycles. The van der Waals surface area contributed by atoms with E-state index in [0.29, 0.717) is 27.3 Å². The highest BCUT2D eigenvalue weighted by Crippen LogP contribution is 2.34. The standard InChI is InChI=1S/C23H22N2O4S2/c1-4-11-25-22(27)20(31-23(25)30)13-16-9-10-18(19(12-16)28-3)29-14-21(26)24-17-8-6-5-7-15(17)2/h4-10,12-13H,1,11,14H2,2-3H3,(H,24,26)/b20-13+. The fourth-order valence-electron chi connectivity index (χ4n) is 2.87. The summed E-state index contributed by atoms with van der Waals surface area (Å²) in [5.74, 6) is 0.464. The average molecular weight is 455 g/mol. The molecule has 0 atom stereocenters. The molecular weight excluding hydrogens is 432 g/mol. The van der Waals surface area contributed by atoms with Gasteiger partial charge in [-0.05, 0) is 42.3 Å². The molecule has 1 saturated heterocycles. The summed E-state index contributed by atoms with van der Waals surface area (Å²) in [6.07, 6.45) is 3.39. The van der Waals surface area contributed by atoms with E-state index in [1.165, 1.54) is 23.8 Å². The molecule has 1 aliphatic heterocycles. The maximum absolute atomic E-state index is 12.5. The molecule has 0 unspecified atom stereocenters. The van der Waals surface area contributed by atoms with Crippen LogP contribution in [0.25, 0.3) is 6.08 Å². The number of hydrogen-bond donors (Lipinski definition) is 1. The molecule has 1 heterocycles. The number of para-hydroxylation sites is 1. The molecule has 160 valence electrons. The van der Waals surface area contributed by atoms with E-state index in [1.807, 2.05) is 31.2 Å². The highest BCUT2D eigenvalue weighted by Gasteiger charge is 2.31. The van der Waals surface area contributed by atoms with E-state index in [9.17, 15) is 9.59 Å². The molecule has 2 amide bonds. The largest absolute Gasteiger partial charge is 0.493 e. The Hall–Kier alpha value is -3.10. The van der Waals surface area contributed by atoms with Gasteiger partial charge in [-0.2, -0.15) is 0 Å². The van der Waals surface area contributed by atoms with Gasteiger partial charge in [-0.3, -0.25) is 14.5 Å². The summed E-state index contributed by atoms with van der Waals surface area (Å²) in [6.45, 7) is 5.79. The zero-order valence-electron chi connectivity index (χ0n) is 17.2. The summed E-state index contributed by atoms with van der Waals surface area (Å²) in [7, 11) is 1.52. The van der Waals surface area contributed by atoms with Gasteiger partial charge >= 0.3 is 0 Å². The van der Waals surface area contributed by atoms with Gasteiger partial charge in [-0.15, -0.1) is 6.58 Å². The van der Waals surface area contributed by atoms with Gasteiger partial charge in [-0.25, -0.2) is 0 Å². The molecule has 0 spiro atoms. The van der Waals surface area contributed by atoms with Crippen molar-refractivity contribution in [1.82, 2.24) is 4.90 Å². The molecule has 1 N–H and O–H groups in total. The van der Waals surface area contributed by atoms with Crippen LogP contribution in [0.15, 0.2) is 60.0 Å². The molecule has 31 heavy (non-hydrogen) atoms. The van der Waals surface area contributed by atoms with Gasteiger partial charge in [0.2, 0.25) is 0 Å². The average Bonchev–Trinajstić information content (AvgIpc) is 3.02. The SMILES string of the molecule is C=CCN1C(=O)/C(=C\c2ccc(OCC(=O)Nc3ccccc3C)c(OC)c2)SC1=S. The molecule has 1 aliphatic rings. The van der Waals surface area contributed by atoms with Gasteiger partial charge < -0.3 is 14.8 Å². The first-order chi connectivity index (χ1) is 14.9. The summed E-state index contributed by atoms with van der Waals surface area (Å²) in [6, 6.07) is 12.8. The summed E-state index contributed by atoms with van der Waals surface area (Å²) in [5.41, 5.74) is 2.47. The number of nitrogens with one attached hydrogen (secondary N) is 1. The number of thiocarbonyl (C=S) groups is 1. The minimum absolute atomic E-state index is 0.151. The number of benzene rings is 2. The number of rotatable bonds is 8. The molecular formula is C23H22N2O4S2. The van der Waals surface area contributed by atoms with Crippen LogP contribution in [0.3, 0.4) is 0 Å². The minimum atomic E-state index is -0.272. The lowest BCUT2D eigenvalue weighted by Gasteiger charge is -2.12. The number of nitrogens with zero attached hydrogens (tertiary/aromatic N) is 1. The molecule has 2 aromatic rings. The van der Waals surface area contributed by atoms with Crippen molar-refractivity contribution >= 4 is 51.9 Å². The summed E-state index contributed by atoms with van der Waals surface area (Å²) in [5, 5.41) is 2.82. The third-order valence-electron chi connectivity index (χ3n) is 4.45. The maximum Gasteiger partial charge on any atom is 0.266 e. The lowest BCUT2D eigenvalue weighted by atomic mass is 10.2. The van der Waals surface area contributed by atoms with Crippen molar-refractivity contribution in [3.8, 4) is 11.5 Å². The number of ether oxygens (including phenoxy) is 2. The van der Waals surface area contributed by atoms with Crippen molar-refractivity contribution in [3.05, 3.63) is 71.2 Å². The van der Waals surface area contributed by atoms with Crippen LogP contribution in [0.1, 0.15) is 11.1 Å². The first-order valence-electron chi connectivity index (χ1n) is 9.45. The molecule has 0 saturated carbocycles. The monoisotopic (exact) mass is 454 g/mol. The van der Waals surface area contributed by atoms with Crippen LogP contribution < -0.4 is 14.8 Å². The molecule has 8 heteroatoms. The van der Waals surface area contributed by atoms with Crippen LogP contribution in [0.4, 0.5) is 5.69 Å². The lowest BCUT2D eigenvalue weighted by Crippen LogP contribution is -2.27. The molecule has 0 radical (unpaired) electrons. The highest BCUT2D eigenvalue weighted by molar-refractivity contribution is 8.26. The second-order valence-electron chi connectivity index (χ2n) is 6.64. The Bertz CT molecular complexity index is 1070. The first kappa shape index (κ1) is 22.6. The van der Waals surface area contributed by atoms with Gasteiger partial charge in [0.15, 0.2) is 18.1 Å². The van der Waals surface area contributed by atoms with E-state index in [-0.39, 0.29) is 18.4 Å². The zero-order valence-corrected chi connectivity index (χ0v) is 18.8. The van der Waals surface area contributed by atoms with Crippen LogP contribution in [-0.4, -0.2) is 41.3 Å². The van der Waals surface area contributed by atoms with E-state index in [0.717, 1.165) is 16.8 Å². The van der Waals surface area contributed by atoms with Crippen LogP contribution in [0.2, 0.25) is 0 Å². The highest BCUT2D eigenvalue weighted by atomic mass is 32.2. The predicted octanol–water partition coefficient (Wildman–Crippen LogP) is 4.41. The Balaban J connectivity index is 1.68. The van der Waals surface area contributed by atoms with Crippen molar-refractivity contribution in [2.45, 2.75) is 6.92 Å². The predicted molar refractivity (Wildman–Crippen MR) is 128 cm³/mol. The van der Waals surface area contributed by atoms with Gasteiger partial charge in [-0.1, -0.05) is 54.3 Å². The number of methoxy groups -OCH3 is 1. The number of hydrogen-bond acceptors (Lipinski definition) is 6. The third kappa shape index (κ3) is 5.53. The quantitative estimate of drug-likeness (QED) is 0.362. The fraction of sp³-hybridized carbons (Fsp3) is 0.174. The summed E-state index contributed by atoms with van der Waals surface area (Å²) >= 11 is 6.50. The zero-order chi connectivity index (χ0) is 22.4. The van der Waals surface area contributed by atoms with Crippen LogP contribution in [-0.2, 0) is 9.59 Å². The Morgan fingerprint density at radius 1 is 1.26 bits per heavy atom. The number of carbonyl (C=O) groups is 2. The van der Waals surface area contributed by atoms with Crippen LogP contribution in [0, 0.1) is 6.92 Å². The Morgan fingerprint density at radius 2 is 2.03 bits per heavy atom. The van der Waals surface area contributed by atoms with Crippen LogP contribution in [0.5, 0.6) is 11.5 Å². The Morgan fingerprint density at radius 3 is 2.74 bits per heavy atom. The second kappa shape index (κ2) is 10.3. The van der Waals surface area contributed by atoms with Gasteiger partial charge in [0, 0.05) is 12.2 Å². The number of thioether (sulfide) groups is 1. The number of aryl methyl sites for hydroxylation is 1. The molecule has 1 fully saturated rings. The normalized spacial score (nSPS) is 14.6. The molecule has 2 aromatic carbocycles. The first-order valence-corrected chi connectivity index (χ1v) is 10.7. The van der Waals surface area contributed by atoms with Crippen molar-refractivity contribution in [2.75, 3.05) is 25.6 Å². The van der Waals surface area contributed by atoms with Crippen molar-refractivity contribution in [3.63, 3.8) is 0 Å². The summed E-state index contributed by atoms with van der Waals surface area (Å²) < 4.78 is 11.5. The van der Waals surface area contributed by atoms with Crippen molar-refractivity contribution in [1.29, 1.82) is 0 Å². The number of amides is 2. The number of carbonyl (C=O) groups excluding carboxylic acids is 2. The topological polar surface area (TPSA) is 67.9 Å². The summed E-state index contributed by atoms with van der Waals surface area (Å²) in [4.78, 5) is 26.7. The smallest absolute Gasteiger partial charge is 0.266 e. The van der Waals surface area contributed by atoms with Crippen molar-refractivity contribution < 1.29 is 19.1 Å². The Kier molecular flexibility index (Phi) is 7.49. The van der Waals surface area contributed by atoms with Crippen LogP contribution >= 0.6 is 24.0 Å². The van der Waals surface area contributed by atoms with Crippen molar-refractivity contribution in [2.24, 2.45) is 0 Å². The van der Waals surface area contributed by atoms with E-state index < -0.39 is 0 Å². The number of anilines is 1. The van der Waals surface area contributed by atoms with Gasteiger partial charge in [0.05, 0.1) is 12.0 Å². The van der Waals surface area contributed by atoms with E-state index >= 15 is 0 Å². The molecule has 0 bridgehead atoms. The lowest BCUT2D eigenvalue weighted by molar-refractivity contribution is -0.121. The second-order valence-corrected chi connectivity index (χ2v) is 8.32. The fourth-order valence-corrected chi connectivity index (χ4v) is 4.15. The van der Waals surface area contributed by atoms with E-state index in [4.69, 9.17) is 21.7 Å². The van der Waals surface area contributed by atoms with Gasteiger partial charge in [0.1, 0.15) is 4.32 Å². The molecule has 0 aliphatic carbocycles. The third-order valence-corrected chi connectivity index (χ3v) is 5.83. The van der Waals surface area contributed by atoms with E-state index in [2.05, 4.69) is 11.9 Å². The van der Waals surface area contributed by atoms with E-state index in [1.54, 1.807) is 30.4 Å². The maximum atomic E-state index is 12.5. The molecule has 3 rings (SSSR count). The molecule has 6 nitrogen and oxygen atoms in total. The van der Waals surface area contributed by atoms with Gasteiger partial charge in [0.25, 0.3) is 11.8 Å². The minimum Gasteiger partial charge on any atom is -0.493 e. The Labute approximate surface area is 190 Å².